The molecule has 0 saturated carbocycles. The summed E-state index contributed by atoms with van der Waals surface area (Å²) in [6.45, 7) is 0. The highest BCUT2D eigenvalue weighted by molar-refractivity contribution is 7.16. The number of rotatable bonds is 3. The molecule has 3 rings (SSSR count). The number of thiophene rings is 1. The van der Waals surface area contributed by atoms with E-state index in [0.717, 1.165) is 10.2 Å². The van der Waals surface area contributed by atoms with E-state index in [-0.39, 0.29) is 0 Å². The average molecular weight is 316 g/mol. The molecule has 21 heavy (non-hydrogen) atoms. The van der Waals surface area contributed by atoms with E-state index in [9.17, 15) is 5.26 Å². The molecule has 2 N–H and O–H groups in total. The Balaban J connectivity index is 2.12. The van der Waals surface area contributed by atoms with Crippen molar-refractivity contribution in [3.63, 3.8) is 0 Å². The fourth-order valence-corrected chi connectivity index (χ4v) is 2.84. The van der Waals surface area contributed by atoms with Gasteiger partial charge in [0, 0.05) is 12.1 Å². The van der Waals surface area contributed by atoms with Crippen molar-refractivity contribution in [3.8, 4) is 6.07 Å². The van der Waals surface area contributed by atoms with Gasteiger partial charge in [-0.05, 0) is 29.6 Å². The quantitative estimate of drug-likeness (QED) is 0.764. The van der Waals surface area contributed by atoms with Gasteiger partial charge in [0.25, 0.3) is 0 Å². The van der Waals surface area contributed by atoms with Gasteiger partial charge in [-0.1, -0.05) is 11.6 Å². The largest absolute Gasteiger partial charge is 0.357 e. The first-order chi connectivity index (χ1) is 10.2. The summed E-state index contributed by atoms with van der Waals surface area (Å²) >= 11 is 7.54. The van der Waals surface area contributed by atoms with E-state index in [4.69, 9.17) is 11.6 Å². The Hall–Kier alpha value is -2.36. The molecule has 1 aromatic carbocycles. The molecule has 0 bridgehead atoms. The highest BCUT2D eigenvalue weighted by Crippen LogP contribution is 2.30. The Kier molecular flexibility index (Phi) is 3.60. The molecule has 2 heterocycles. The van der Waals surface area contributed by atoms with Crippen LogP contribution in [0, 0.1) is 11.3 Å². The molecule has 3 aromatic rings. The maximum Gasteiger partial charge on any atom is 0.225 e. The third-order valence-corrected chi connectivity index (χ3v) is 3.95. The van der Waals surface area contributed by atoms with Crippen LogP contribution in [-0.4, -0.2) is 17.0 Å². The zero-order valence-electron chi connectivity index (χ0n) is 11.0. The Bertz CT molecular complexity index is 852. The van der Waals surface area contributed by atoms with Gasteiger partial charge < -0.3 is 10.6 Å². The number of nitrogens with one attached hydrogen (secondary N) is 2. The van der Waals surface area contributed by atoms with Gasteiger partial charge in [0.15, 0.2) is 0 Å². The van der Waals surface area contributed by atoms with E-state index < -0.39 is 0 Å². The highest BCUT2D eigenvalue weighted by Gasteiger charge is 2.11. The van der Waals surface area contributed by atoms with E-state index in [1.165, 1.54) is 11.3 Å². The summed E-state index contributed by atoms with van der Waals surface area (Å²) in [6, 6.07) is 9.15. The van der Waals surface area contributed by atoms with Gasteiger partial charge in [0.1, 0.15) is 16.7 Å². The lowest BCUT2D eigenvalue weighted by atomic mass is 10.2. The normalized spacial score (nSPS) is 10.3. The Labute approximate surface area is 130 Å². The lowest BCUT2D eigenvalue weighted by molar-refractivity contribution is 1.20. The van der Waals surface area contributed by atoms with Gasteiger partial charge in [0.05, 0.1) is 16.6 Å². The summed E-state index contributed by atoms with van der Waals surface area (Å²) < 4.78 is 0. The van der Waals surface area contributed by atoms with E-state index in [0.29, 0.717) is 28.0 Å². The minimum absolute atomic E-state index is 0.507. The van der Waals surface area contributed by atoms with E-state index in [2.05, 4.69) is 26.7 Å². The molecule has 5 nitrogen and oxygen atoms in total. The second-order valence-electron chi connectivity index (χ2n) is 4.21. The van der Waals surface area contributed by atoms with Gasteiger partial charge in [-0.25, -0.2) is 4.98 Å². The first-order valence-electron chi connectivity index (χ1n) is 6.11. The van der Waals surface area contributed by atoms with Crippen LogP contribution < -0.4 is 10.6 Å². The van der Waals surface area contributed by atoms with Crippen molar-refractivity contribution in [2.45, 2.75) is 0 Å². The summed E-state index contributed by atoms with van der Waals surface area (Å²) in [5.41, 5.74) is 1.13. The Morgan fingerprint density at radius 1 is 1.29 bits per heavy atom. The van der Waals surface area contributed by atoms with E-state index in [1.807, 2.05) is 11.4 Å². The minimum Gasteiger partial charge on any atom is -0.357 e. The van der Waals surface area contributed by atoms with Crippen molar-refractivity contribution in [3.05, 3.63) is 40.2 Å². The predicted molar refractivity (Wildman–Crippen MR) is 86.4 cm³/mol. The van der Waals surface area contributed by atoms with Crippen LogP contribution >= 0.6 is 22.9 Å². The van der Waals surface area contributed by atoms with Gasteiger partial charge in [0.2, 0.25) is 5.95 Å². The summed E-state index contributed by atoms with van der Waals surface area (Å²) in [4.78, 5) is 9.67. The van der Waals surface area contributed by atoms with Gasteiger partial charge in [-0.15, -0.1) is 11.3 Å². The van der Waals surface area contributed by atoms with Crippen LogP contribution in [0.15, 0.2) is 29.6 Å². The summed E-state index contributed by atoms with van der Waals surface area (Å²) in [7, 11) is 1.76. The number of hydrogen-bond acceptors (Lipinski definition) is 6. The first-order valence-corrected chi connectivity index (χ1v) is 7.36. The number of aromatic nitrogens is 2. The summed E-state index contributed by atoms with van der Waals surface area (Å²) in [5.74, 6) is 1.16. The molecule has 0 radical (unpaired) electrons. The van der Waals surface area contributed by atoms with Crippen LogP contribution in [0.3, 0.4) is 0 Å². The molecule has 0 atom stereocenters. The van der Waals surface area contributed by atoms with Crippen LogP contribution in [-0.2, 0) is 0 Å². The van der Waals surface area contributed by atoms with Crippen LogP contribution in [0.5, 0.6) is 0 Å². The fraction of sp³-hybridized carbons (Fsp3) is 0.0714. The molecular formula is C14H10ClN5S. The van der Waals surface area contributed by atoms with Crippen molar-refractivity contribution in [2.24, 2.45) is 0 Å². The van der Waals surface area contributed by atoms with Crippen LogP contribution in [0.4, 0.5) is 17.5 Å². The van der Waals surface area contributed by atoms with E-state index >= 15 is 0 Å². The molecule has 104 valence electrons. The lowest BCUT2D eigenvalue weighted by Gasteiger charge is -2.10. The van der Waals surface area contributed by atoms with Gasteiger partial charge >= 0.3 is 0 Å². The predicted octanol–water partition coefficient (Wildman–Crippen LogP) is 4.00. The smallest absolute Gasteiger partial charge is 0.225 e. The standard InChI is InChI=1S/C14H10ClN5S/c1-17-14-19-12(10-4-5-21-13(10)20-14)18-11-6-9(15)3-2-8(11)7-16/h2-6H,1H3,(H2,17,18,19,20). The molecule has 0 aliphatic rings. The number of hydrogen-bond donors (Lipinski definition) is 2. The first kappa shape index (κ1) is 13.6. The SMILES string of the molecule is CNc1nc(Nc2cc(Cl)ccc2C#N)c2ccsc2n1. The van der Waals surface area contributed by atoms with Crippen molar-refractivity contribution in [1.29, 1.82) is 5.26 Å². The molecule has 7 heteroatoms. The number of nitrogens with zero attached hydrogens (tertiary/aromatic N) is 3. The molecular weight excluding hydrogens is 306 g/mol. The Morgan fingerprint density at radius 3 is 2.90 bits per heavy atom. The molecule has 0 spiro atoms. The van der Waals surface area contributed by atoms with Crippen molar-refractivity contribution in [2.75, 3.05) is 17.7 Å². The summed E-state index contributed by atoms with van der Waals surface area (Å²) in [5, 5.41) is 18.7. The molecule has 0 saturated heterocycles. The second-order valence-corrected chi connectivity index (χ2v) is 5.54. The molecule has 0 aliphatic carbocycles. The van der Waals surface area contributed by atoms with Crippen molar-refractivity contribution < 1.29 is 0 Å². The molecule has 2 aromatic heterocycles. The monoisotopic (exact) mass is 315 g/mol. The van der Waals surface area contributed by atoms with Gasteiger partial charge in [-0.3, -0.25) is 0 Å². The van der Waals surface area contributed by atoms with Crippen LogP contribution in [0.2, 0.25) is 5.02 Å². The van der Waals surface area contributed by atoms with Crippen molar-refractivity contribution >= 4 is 50.6 Å². The zero-order valence-corrected chi connectivity index (χ0v) is 12.6. The number of anilines is 3. The number of fused-ring (bicyclic) bond motifs is 1. The molecule has 0 aliphatic heterocycles. The van der Waals surface area contributed by atoms with E-state index in [1.54, 1.807) is 25.2 Å². The highest BCUT2D eigenvalue weighted by atomic mass is 35.5. The average Bonchev–Trinajstić information content (AvgIpc) is 2.96. The summed E-state index contributed by atoms with van der Waals surface area (Å²) in [6.07, 6.45) is 0. The maximum atomic E-state index is 9.19. The molecule has 0 unspecified atom stereocenters. The fourth-order valence-electron chi connectivity index (χ4n) is 1.91. The van der Waals surface area contributed by atoms with Crippen LogP contribution in [0.1, 0.15) is 5.56 Å². The minimum atomic E-state index is 0.507. The number of halogens is 1. The molecule has 0 amide bonds. The second kappa shape index (κ2) is 5.56. The lowest BCUT2D eigenvalue weighted by Crippen LogP contribution is -2.01. The van der Waals surface area contributed by atoms with Crippen molar-refractivity contribution in [1.82, 2.24) is 9.97 Å². The topological polar surface area (TPSA) is 73.6 Å². The van der Waals surface area contributed by atoms with Gasteiger partial charge in [-0.2, -0.15) is 10.2 Å². The van der Waals surface area contributed by atoms with Crippen LogP contribution in [0.25, 0.3) is 10.2 Å². The molecule has 0 fully saturated rings. The Morgan fingerprint density at radius 2 is 2.14 bits per heavy atom. The third-order valence-electron chi connectivity index (χ3n) is 2.90. The zero-order chi connectivity index (χ0) is 14.8. The third kappa shape index (κ3) is 2.61. The number of nitriles is 1. The number of benzene rings is 1. The maximum absolute atomic E-state index is 9.19.